The summed E-state index contributed by atoms with van der Waals surface area (Å²) in [7, 11) is 0. The van der Waals surface area contributed by atoms with Crippen molar-refractivity contribution in [2.75, 3.05) is 6.61 Å². The largest absolute Gasteiger partial charge is 0.367 e. The van der Waals surface area contributed by atoms with Crippen LogP contribution in [0.1, 0.15) is 19.4 Å². The Bertz CT molecular complexity index is 350. The first-order valence-corrected chi connectivity index (χ1v) is 5.90. The van der Waals surface area contributed by atoms with Crippen molar-refractivity contribution < 1.29 is 4.74 Å². The van der Waals surface area contributed by atoms with Gasteiger partial charge in [0.1, 0.15) is 5.60 Å². The van der Waals surface area contributed by atoms with Crippen LogP contribution < -0.4 is 0 Å². The molecule has 0 spiro atoms. The van der Waals surface area contributed by atoms with Gasteiger partial charge >= 0.3 is 0 Å². The average Bonchev–Trinajstić information content (AvgIpc) is 2.66. The maximum Gasteiger partial charge on any atom is 0.157 e. The second-order valence-electron chi connectivity index (χ2n) is 3.88. The highest BCUT2D eigenvalue weighted by molar-refractivity contribution is 6.52. The molecule has 0 bridgehead atoms. The van der Waals surface area contributed by atoms with Crippen molar-refractivity contribution in [3.63, 3.8) is 0 Å². The van der Waals surface area contributed by atoms with E-state index in [-0.39, 0.29) is 5.92 Å². The summed E-state index contributed by atoms with van der Waals surface area (Å²) in [6, 6.07) is 9.95. The van der Waals surface area contributed by atoms with E-state index in [1.54, 1.807) is 0 Å². The summed E-state index contributed by atoms with van der Waals surface area (Å²) in [4.78, 5) is 0. The van der Waals surface area contributed by atoms with Gasteiger partial charge in [0.2, 0.25) is 0 Å². The van der Waals surface area contributed by atoms with Gasteiger partial charge in [0.25, 0.3) is 0 Å². The summed E-state index contributed by atoms with van der Waals surface area (Å²) < 4.78 is 4.99. The molecule has 1 aliphatic carbocycles. The summed E-state index contributed by atoms with van der Waals surface area (Å²) >= 11 is 12.5. The first kappa shape index (κ1) is 11.3. The Morgan fingerprint density at radius 3 is 2.20 bits per heavy atom. The quantitative estimate of drug-likeness (QED) is 0.737. The molecule has 0 aliphatic heterocycles. The molecule has 2 unspecified atom stereocenters. The van der Waals surface area contributed by atoms with E-state index in [9.17, 15) is 0 Å². The van der Waals surface area contributed by atoms with Crippen LogP contribution >= 0.6 is 23.2 Å². The average molecular weight is 245 g/mol. The maximum atomic E-state index is 6.27. The zero-order valence-electron chi connectivity index (χ0n) is 8.84. The minimum Gasteiger partial charge on any atom is -0.367 e. The van der Waals surface area contributed by atoms with Gasteiger partial charge in [-0.3, -0.25) is 0 Å². The van der Waals surface area contributed by atoms with Gasteiger partial charge in [-0.15, -0.1) is 0 Å². The number of rotatable bonds is 3. The number of hydrogen-bond acceptors (Lipinski definition) is 1. The second-order valence-corrected chi connectivity index (χ2v) is 5.27. The number of alkyl halides is 2. The summed E-state index contributed by atoms with van der Waals surface area (Å²) in [5.74, 6) is 0.121. The molecule has 1 fully saturated rings. The molecule has 2 atom stereocenters. The molecule has 15 heavy (non-hydrogen) atoms. The smallest absolute Gasteiger partial charge is 0.157 e. The Morgan fingerprint density at radius 1 is 1.27 bits per heavy atom. The molecule has 2 rings (SSSR count). The predicted octanol–water partition coefficient (Wildman–Crippen LogP) is 3.74. The lowest BCUT2D eigenvalue weighted by Crippen LogP contribution is -2.19. The van der Waals surface area contributed by atoms with Crippen LogP contribution in [0.25, 0.3) is 0 Å². The monoisotopic (exact) mass is 244 g/mol. The van der Waals surface area contributed by atoms with Gasteiger partial charge in [0.15, 0.2) is 4.33 Å². The molecule has 0 radical (unpaired) electrons. The molecule has 1 aliphatic rings. The van der Waals surface area contributed by atoms with E-state index >= 15 is 0 Å². The second kappa shape index (κ2) is 3.65. The van der Waals surface area contributed by atoms with Crippen LogP contribution in [-0.2, 0) is 10.3 Å². The molecule has 3 heteroatoms. The van der Waals surface area contributed by atoms with Crippen molar-refractivity contribution in [3.05, 3.63) is 35.9 Å². The number of hydrogen-bond donors (Lipinski definition) is 0. The first-order valence-electron chi connectivity index (χ1n) is 5.14. The van der Waals surface area contributed by atoms with Gasteiger partial charge in [0, 0.05) is 12.5 Å². The fourth-order valence-electron chi connectivity index (χ4n) is 2.20. The van der Waals surface area contributed by atoms with Crippen LogP contribution in [0.3, 0.4) is 0 Å². The number of benzene rings is 1. The van der Waals surface area contributed by atoms with Crippen LogP contribution in [0, 0.1) is 5.92 Å². The number of halogens is 2. The molecular weight excluding hydrogens is 231 g/mol. The van der Waals surface area contributed by atoms with E-state index in [1.165, 1.54) is 0 Å². The fourth-order valence-corrected chi connectivity index (χ4v) is 3.06. The third-order valence-electron chi connectivity index (χ3n) is 3.14. The van der Waals surface area contributed by atoms with Gasteiger partial charge in [0.05, 0.1) is 0 Å². The van der Waals surface area contributed by atoms with Crippen LogP contribution in [0.2, 0.25) is 0 Å². The maximum absolute atomic E-state index is 6.27. The molecule has 1 aromatic rings. The molecule has 1 nitrogen and oxygen atoms in total. The van der Waals surface area contributed by atoms with E-state index in [0.717, 1.165) is 5.56 Å². The minimum absolute atomic E-state index is 0.121. The molecule has 0 aromatic heterocycles. The molecule has 0 N–H and O–H groups in total. The number of ether oxygens (including phenoxy) is 1. The molecule has 0 heterocycles. The van der Waals surface area contributed by atoms with Crippen molar-refractivity contribution in [2.45, 2.75) is 23.8 Å². The molecule has 0 saturated heterocycles. The van der Waals surface area contributed by atoms with Gasteiger partial charge in [-0.1, -0.05) is 60.5 Å². The van der Waals surface area contributed by atoms with Crippen LogP contribution in [0.15, 0.2) is 30.3 Å². The zero-order chi connectivity index (χ0) is 11.1. The first-order chi connectivity index (χ1) is 7.07. The zero-order valence-corrected chi connectivity index (χ0v) is 10.3. The van der Waals surface area contributed by atoms with Gasteiger partial charge in [-0.05, 0) is 12.5 Å². The Hall–Kier alpha value is -0.240. The highest BCUT2D eigenvalue weighted by Crippen LogP contribution is 2.69. The van der Waals surface area contributed by atoms with E-state index in [2.05, 4.69) is 0 Å². The van der Waals surface area contributed by atoms with Crippen molar-refractivity contribution >= 4 is 23.2 Å². The summed E-state index contributed by atoms with van der Waals surface area (Å²) in [5, 5.41) is 0. The summed E-state index contributed by atoms with van der Waals surface area (Å²) in [6.45, 7) is 4.59. The predicted molar refractivity (Wildman–Crippen MR) is 63.3 cm³/mol. The Labute approximate surface area is 100 Å². The summed E-state index contributed by atoms with van der Waals surface area (Å²) in [6.07, 6.45) is 0. The summed E-state index contributed by atoms with van der Waals surface area (Å²) in [5.41, 5.74) is 0.538. The van der Waals surface area contributed by atoms with Gasteiger partial charge in [-0.25, -0.2) is 0 Å². The normalized spacial score (nSPS) is 32.7. The van der Waals surface area contributed by atoms with Crippen molar-refractivity contribution in [1.82, 2.24) is 0 Å². The van der Waals surface area contributed by atoms with Gasteiger partial charge < -0.3 is 4.74 Å². The van der Waals surface area contributed by atoms with Crippen molar-refractivity contribution in [3.8, 4) is 0 Å². The van der Waals surface area contributed by atoms with E-state index in [0.29, 0.717) is 6.61 Å². The molecular formula is C12H14Cl2O. The third kappa shape index (κ3) is 1.41. The van der Waals surface area contributed by atoms with E-state index < -0.39 is 9.93 Å². The lowest BCUT2D eigenvalue weighted by molar-refractivity contribution is 0.0263. The highest BCUT2D eigenvalue weighted by atomic mass is 35.5. The van der Waals surface area contributed by atoms with Crippen LogP contribution in [0.5, 0.6) is 0 Å². The minimum atomic E-state index is -0.801. The van der Waals surface area contributed by atoms with Crippen molar-refractivity contribution in [1.29, 1.82) is 0 Å². The van der Waals surface area contributed by atoms with Crippen LogP contribution in [0.4, 0.5) is 0 Å². The fraction of sp³-hybridized carbons (Fsp3) is 0.500. The standard InChI is InChI=1S/C12H14Cl2O/c1-3-15-11(9(2)12(11,13)14)10-7-5-4-6-8-10/h4-9H,3H2,1-2H3. The van der Waals surface area contributed by atoms with Crippen LogP contribution in [-0.4, -0.2) is 10.9 Å². The SMILES string of the molecule is CCOC1(c2ccccc2)C(C)C1(Cl)Cl. The Kier molecular flexibility index (Phi) is 2.74. The molecule has 0 amide bonds. The lowest BCUT2D eigenvalue weighted by Gasteiger charge is -2.19. The Balaban J connectivity index is 2.39. The molecule has 1 aromatic carbocycles. The molecule has 82 valence electrons. The van der Waals surface area contributed by atoms with E-state index in [1.807, 2.05) is 44.2 Å². The molecule has 1 saturated carbocycles. The third-order valence-corrected chi connectivity index (χ3v) is 4.36. The van der Waals surface area contributed by atoms with Gasteiger partial charge in [-0.2, -0.15) is 0 Å². The highest BCUT2D eigenvalue weighted by Gasteiger charge is 2.76. The topological polar surface area (TPSA) is 9.23 Å². The Morgan fingerprint density at radius 2 is 1.80 bits per heavy atom. The van der Waals surface area contributed by atoms with E-state index in [4.69, 9.17) is 27.9 Å². The lowest BCUT2D eigenvalue weighted by atomic mass is 10.1. The van der Waals surface area contributed by atoms with Crippen molar-refractivity contribution in [2.24, 2.45) is 5.92 Å².